The van der Waals surface area contributed by atoms with Crippen molar-refractivity contribution < 1.29 is 18.0 Å². The Labute approximate surface area is 192 Å². The molecule has 2 N–H and O–H groups in total. The second-order valence-corrected chi connectivity index (χ2v) is 9.73. The summed E-state index contributed by atoms with van der Waals surface area (Å²) in [5, 5.41) is 5.77. The Hall–Kier alpha value is -3.16. The minimum atomic E-state index is -3.43. The summed E-state index contributed by atoms with van der Waals surface area (Å²) in [6.07, 6.45) is 1.72. The molecule has 0 unspecified atom stereocenters. The summed E-state index contributed by atoms with van der Waals surface area (Å²) in [5.41, 5.74) is 1.97. The predicted molar refractivity (Wildman–Crippen MR) is 127 cm³/mol. The fraction of sp³-hybridized carbons (Fsp3) is 0.167. The van der Waals surface area contributed by atoms with Gasteiger partial charge in [0.15, 0.2) is 9.84 Å². The van der Waals surface area contributed by atoms with Crippen LogP contribution in [-0.2, 0) is 14.6 Å². The lowest BCUT2D eigenvalue weighted by atomic mass is 9.95. The average molecular weight is 471 g/mol. The molecule has 6 nitrogen and oxygen atoms in total. The highest BCUT2D eigenvalue weighted by molar-refractivity contribution is 7.90. The van der Waals surface area contributed by atoms with Gasteiger partial charge in [0.2, 0.25) is 5.91 Å². The standard InChI is InChI=1S/C24H23ClN2O4S/c1-3-20(16-8-5-4-6-9-16)24(29)26-18-12-13-22(21(25)15-18)27-23(28)17-10-7-11-19(14-17)32(2,30)31/h4-15,20H,3H2,1-2H3,(H,26,29)(H,27,28)/t20-/m0/s1. The van der Waals surface area contributed by atoms with Crippen molar-refractivity contribution in [3.8, 4) is 0 Å². The molecule has 0 spiro atoms. The number of nitrogens with one attached hydrogen (secondary N) is 2. The van der Waals surface area contributed by atoms with Crippen molar-refractivity contribution in [3.63, 3.8) is 0 Å². The van der Waals surface area contributed by atoms with Gasteiger partial charge in [0.25, 0.3) is 5.91 Å². The van der Waals surface area contributed by atoms with Crippen LogP contribution in [0.2, 0.25) is 5.02 Å². The summed E-state index contributed by atoms with van der Waals surface area (Å²) in [5.74, 6) is -0.940. The third-order valence-corrected chi connectivity index (χ3v) is 6.36. The van der Waals surface area contributed by atoms with E-state index >= 15 is 0 Å². The molecule has 166 valence electrons. The van der Waals surface area contributed by atoms with Crippen molar-refractivity contribution in [3.05, 3.63) is 88.9 Å². The maximum atomic E-state index is 12.7. The van der Waals surface area contributed by atoms with Crippen molar-refractivity contribution >= 4 is 44.6 Å². The van der Waals surface area contributed by atoms with E-state index in [-0.39, 0.29) is 27.3 Å². The molecule has 0 aromatic heterocycles. The Morgan fingerprint density at radius 3 is 2.28 bits per heavy atom. The van der Waals surface area contributed by atoms with E-state index in [2.05, 4.69) is 10.6 Å². The predicted octanol–water partition coefficient (Wildman–Crippen LogP) is 5.13. The Bertz CT molecular complexity index is 1240. The minimum absolute atomic E-state index is 0.0539. The van der Waals surface area contributed by atoms with Gasteiger partial charge >= 0.3 is 0 Å². The second-order valence-electron chi connectivity index (χ2n) is 7.31. The van der Waals surface area contributed by atoms with Gasteiger partial charge in [-0.3, -0.25) is 9.59 Å². The van der Waals surface area contributed by atoms with Gasteiger partial charge in [-0.15, -0.1) is 0 Å². The molecule has 0 fully saturated rings. The molecule has 1 atom stereocenters. The van der Waals surface area contributed by atoms with E-state index < -0.39 is 15.7 Å². The van der Waals surface area contributed by atoms with Gasteiger partial charge in [0, 0.05) is 17.5 Å². The minimum Gasteiger partial charge on any atom is -0.326 e. The molecule has 0 aliphatic rings. The summed E-state index contributed by atoms with van der Waals surface area (Å²) in [6, 6.07) is 20.1. The average Bonchev–Trinajstić information content (AvgIpc) is 2.76. The number of amides is 2. The molecule has 32 heavy (non-hydrogen) atoms. The quantitative estimate of drug-likeness (QED) is 0.500. The highest BCUT2D eigenvalue weighted by Crippen LogP contribution is 2.28. The van der Waals surface area contributed by atoms with E-state index in [0.717, 1.165) is 11.8 Å². The molecular weight excluding hydrogens is 448 g/mol. The lowest BCUT2D eigenvalue weighted by Crippen LogP contribution is -2.20. The SMILES string of the molecule is CC[C@H](C(=O)Nc1ccc(NC(=O)c2cccc(S(C)(=O)=O)c2)c(Cl)c1)c1ccccc1. The number of hydrogen-bond acceptors (Lipinski definition) is 4. The van der Waals surface area contributed by atoms with Crippen LogP contribution in [0.3, 0.4) is 0 Å². The maximum absolute atomic E-state index is 12.7. The van der Waals surface area contributed by atoms with Gasteiger partial charge in [0.05, 0.1) is 21.5 Å². The Balaban J connectivity index is 1.73. The summed E-state index contributed by atoms with van der Waals surface area (Å²) in [6.45, 7) is 1.95. The normalized spacial score (nSPS) is 12.1. The summed E-state index contributed by atoms with van der Waals surface area (Å²) >= 11 is 6.32. The number of carbonyl (C=O) groups excluding carboxylic acids is 2. The summed E-state index contributed by atoms with van der Waals surface area (Å²) < 4.78 is 23.4. The first-order valence-electron chi connectivity index (χ1n) is 9.96. The van der Waals surface area contributed by atoms with Crippen LogP contribution in [0.15, 0.2) is 77.7 Å². The molecule has 0 aliphatic carbocycles. The van der Waals surface area contributed by atoms with E-state index in [1.165, 1.54) is 24.3 Å². The van der Waals surface area contributed by atoms with E-state index in [1.807, 2.05) is 37.3 Å². The van der Waals surface area contributed by atoms with Crippen LogP contribution in [0.5, 0.6) is 0 Å². The lowest BCUT2D eigenvalue weighted by molar-refractivity contribution is -0.117. The zero-order valence-corrected chi connectivity index (χ0v) is 19.2. The largest absolute Gasteiger partial charge is 0.326 e. The van der Waals surface area contributed by atoms with Gasteiger partial charge in [-0.25, -0.2) is 8.42 Å². The second kappa shape index (κ2) is 9.97. The molecule has 3 aromatic carbocycles. The molecule has 0 saturated heterocycles. The smallest absolute Gasteiger partial charge is 0.255 e. The molecule has 0 bridgehead atoms. The molecule has 0 radical (unpaired) electrons. The van der Waals surface area contributed by atoms with Crippen LogP contribution in [-0.4, -0.2) is 26.5 Å². The first-order valence-corrected chi connectivity index (χ1v) is 12.2. The molecule has 8 heteroatoms. The van der Waals surface area contributed by atoms with Crippen molar-refractivity contribution in [2.75, 3.05) is 16.9 Å². The zero-order valence-electron chi connectivity index (χ0n) is 17.6. The topological polar surface area (TPSA) is 92.3 Å². The maximum Gasteiger partial charge on any atom is 0.255 e. The van der Waals surface area contributed by atoms with E-state index in [4.69, 9.17) is 11.6 Å². The van der Waals surface area contributed by atoms with E-state index in [0.29, 0.717) is 17.8 Å². The summed E-state index contributed by atoms with van der Waals surface area (Å²) in [4.78, 5) is 25.4. The number of carbonyl (C=O) groups is 2. The van der Waals surface area contributed by atoms with Crippen LogP contribution in [0, 0.1) is 0 Å². The fourth-order valence-corrected chi connectivity index (χ4v) is 4.14. The molecule has 2 amide bonds. The first kappa shape index (κ1) is 23.5. The lowest BCUT2D eigenvalue weighted by Gasteiger charge is -2.16. The van der Waals surface area contributed by atoms with Crippen molar-refractivity contribution in [2.24, 2.45) is 0 Å². The zero-order chi connectivity index (χ0) is 23.3. The van der Waals surface area contributed by atoms with Gasteiger partial charge in [0.1, 0.15) is 0 Å². The van der Waals surface area contributed by atoms with Crippen LogP contribution in [0.1, 0.15) is 35.2 Å². The number of hydrogen-bond donors (Lipinski definition) is 2. The van der Waals surface area contributed by atoms with E-state index in [1.54, 1.807) is 18.2 Å². The Morgan fingerprint density at radius 2 is 1.66 bits per heavy atom. The third kappa shape index (κ3) is 5.75. The van der Waals surface area contributed by atoms with Gasteiger partial charge < -0.3 is 10.6 Å². The first-order chi connectivity index (χ1) is 15.2. The van der Waals surface area contributed by atoms with Crippen molar-refractivity contribution in [1.82, 2.24) is 0 Å². The number of rotatable bonds is 7. The van der Waals surface area contributed by atoms with Crippen molar-refractivity contribution in [2.45, 2.75) is 24.2 Å². The van der Waals surface area contributed by atoms with Crippen molar-refractivity contribution in [1.29, 1.82) is 0 Å². The fourth-order valence-electron chi connectivity index (χ4n) is 3.24. The number of benzene rings is 3. The highest BCUT2D eigenvalue weighted by Gasteiger charge is 2.19. The Kier molecular flexibility index (Phi) is 7.33. The summed E-state index contributed by atoms with van der Waals surface area (Å²) in [7, 11) is -3.43. The van der Waals surface area contributed by atoms with Gasteiger partial charge in [-0.1, -0.05) is 54.9 Å². The van der Waals surface area contributed by atoms with Crippen LogP contribution < -0.4 is 10.6 Å². The number of halogens is 1. The number of sulfone groups is 1. The molecular formula is C24H23ClN2O4S. The monoisotopic (exact) mass is 470 g/mol. The molecule has 0 heterocycles. The molecule has 3 aromatic rings. The van der Waals surface area contributed by atoms with Gasteiger partial charge in [-0.2, -0.15) is 0 Å². The number of anilines is 2. The van der Waals surface area contributed by atoms with Gasteiger partial charge in [-0.05, 0) is 48.4 Å². The Morgan fingerprint density at radius 1 is 0.938 bits per heavy atom. The van der Waals surface area contributed by atoms with Crippen LogP contribution >= 0.6 is 11.6 Å². The molecule has 0 aliphatic heterocycles. The highest BCUT2D eigenvalue weighted by atomic mass is 35.5. The molecule has 0 saturated carbocycles. The van der Waals surface area contributed by atoms with Crippen LogP contribution in [0.4, 0.5) is 11.4 Å². The van der Waals surface area contributed by atoms with E-state index in [9.17, 15) is 18.0 Å². The molecule has 3 rings (SSSR count). The third-order valence-electron chi connectivity index (χ3n) is 4.94. The van der Waals surface area contributed by atoms with Crippen LogP contribution in [0.25, 0.3) is 0 Å².